The van der Waals surface area contributed by atoms with Crippen molar-refractivity contribution in [2.75, 3.05) is 13.2 Å². The van der Waals surface area contributed by atoms with E-state index >= 15 is 0 Å². The van der Waals surface area contributed by atoms with Gasteiger partial charge in [0.1, 0.15) is 2.74 Å². The molecule has 0 aliphatic carbocycles. The first-order chi connectivity index (χ1) is 12.3. The number of rotatable bonds is 4. The van der Waals surface area contributed by atoms with Crippen molar-refractivity contribution >= 4 is 0 Å². The molecule has 15 heavy (non-hydrogen) atoms. The van der Waals surface area contributed by atoms with Crippen LogP contribution < -0.4 is 14.8 Å². The summed E-state index contributed by atoms with van der Waals surface area (Å²) >= 11 is 0. The highest BCUT2D eigenvalue weighted by atomic mass is 16.7. The fourth-order valence-corrected chi connectivity index (χ4v) is 1.00. The Bertz CT molecular complexity index is 802. The quantitative estimate of drug-likeness (QED) is 0.841. The molecule has 1 aromatic carbocycles. The molecule has 1 aromatic rings. The summed E-state index contributed by atoms with van der Waals surface area (Å²) in [5.74, 6) is -1.21. The van der Waals surface area contributed by atoms with E-state index in [0.717, 1.165) is 6.92 Å². The van der Waals surface area contributed by atoms with Crippen LogP contribution in [0.3, 0.4) is 0 Å². The fourth-order valence-electron chi connectivity index (χ4n) is 1.00. The SMILES string of the molecule is [2H]c1c([2H])c(C([2H])([2H])[C@]([2H])(C)NC([2H])([2H])C([2H])([2H])[2H])c([2H])c2c1OC([2H])([2H])O2. The Balaban J connectivity index is 2.62. The van der Waals surface area contributed by atoms with Gasteiger partial charge in [-0.2, -0.15) is 0 Å². The smallest absolute Gasteiger partial charge is 0.231 e. The van der Waals surface area contributed by atoms with E-state index in [1.807, 2.05) is 0 Å². The zero-order valence-electron chi connectivity index (χ0n) is 20.8. The largest absolute Gasteiger partial charge is 0.454 e. The van der Waals surface area contributed by atoms with Crippen LogP contribution in [-0.4, -0.2) is 19.3 Å². The summed E-state index contributed by atoms with van der Waals surface area (Å²) < 4.78 is 110. The fraction of sp³-hybridized carbons (Fsp3) is 0.500. The average molecular weight is 220 g/mol. The third-order valence-electron chi connectivity index (χ3n) is 1.60. The van der Waals surface area contributed by atoms with Crippen molar-refractivity contribution in [2.45, 2.75) is 26.2 Å². The van der Waals surface area contributed by atoms with E-state index < -0.39 is 67.7 Å². The lowest BCUT2D eigenvalue weighted by molar-refractivity contribution is 0.174. The van der Waals surface area contributed by atoms with Crippen molar-refractivity contribution in [2.24, 2.45) is 0 Å². The van der Waals surface area contributed by atoms with Crippen LogP contribution in [0.15, 0.2) is 18.1 Å². The van der Waals surface area contributed by atoms with Gasteiger partial charge in [-0.15, -0.1) is 0 Å². The lowest BCUT2D eigenvalue weighted by Gasteiger charge is -2.12. The highest BCUT2D eigenvalue weighted by Gasteiger charge is 2.13. The molecule has 1 heterocycles. The summed E-state index contributed by atoms with van der Waals surface area (Å²) in [6.45, 7) is -8.35. The third kappa shape index (κ3) is 2.42. The van der Waals surface area contributed by atoms with Crippen LogP contribution in [-0.2, 0) is 6.37 Å². The molecule has 0 bridgehead atoms. The van der Waals surface area contributed by atoms with Gasteiger partial charge in [-0.1, -0.05) is 12.9 Å². The summed E-state index contributed by atoms with van der Waals surface area (Å²) in [5.41, 5.74) is -0.871. The Morgan fingerprint density at radius 1 is 1.73 bits per heavy atom. The molecule has 2 rings (SSSR count). The van der Waals surface area contributed by atoms with Crippen molar-refractivity contribution < 1.29 is 27.3 Å². The molecule has 1 atom stereocenters. The van der Waals surface area contributed by atoms with E-state index in [1.54, 1.807) is 5.32 Å². The molecule has 82 valence electrons. The number of fused-ring (bicyclic) bond motifs is 1. The molecule has 3 heteroatoms. The third-order valence-corrected chi connectivity index (χ3v) is 1.60. The molecule has 0 radical (unpaired) electrons. The molecular formula is C12H17NO2. The lowest BCUT2D eigenvalue weighted by atomic mass is 10.1. The van der Waals surface area contributed by atoms with Crippen molar-refractivity contribution in [1.29, 1.82) is 0 Å². The van der Waals surface area contributed by atoms with Gasteiger partial charge in [-0.05, 0) is 37.4 Å². The van der Waals surface area contributed by atoms with Crippen LogP contribution in [0.5, 0.6) is 11.5 Å². The summed E-state index contributed by atoms with van der Waals surface area (Å²) in [7, 11) is 0. The van der Waals surface area contributed by atoms with Gasteiger partial charge in [0.25, 0.3) is 0 Å². The Labute approximate surface area is 109 Å². The molecule has 1 aliphatic rings. The van der Waals surface area contributed by atoms with E-state index in [0.29, 0.717) is 0 Å². The zero-order valence-corrected chi connectivity index (χ0v) is 7.82. The minimum atomic E-state index is -3.25. The molecule has 1 N–H and O–H groups in total. The van der Waals surface area contributed by atoms with Gasteiger partial charge >= 0.3 is 0 Å². The van der Waals surface area contributed by atoms with Crippen molar-refractivity contribution in [3.8, 4) is 11.5 Å². The molecular weight excluding hydrogens is 190 g/mol. The van der Waals surface area contributed by atoms with Crippen molar-refractivity contribution in [1.82, 2.24) is 5.32 Å². The van der Waals surface area contributed by atoms with E-state index in [2.05, 4.69) is 0 Å². The van der Waals surface area contributed by atoms with Crippen LogP contribution in [0.4, 0.5) is 0 Å². The van der Waals surface area contributed by atoms with Crippen LogP contribution >= 0.6 is 0 Å². The molecule has 0 saturated heterocycles. The molecule has 3 nitrogen and oxygen atoms in total. The summed E-state index contributed by atoms with van der Waals surface area (Å²) in [4.78, 5) is 0. The minimum Gasteiger partial charge on any atom is -0.454 e. The first-order valence-electron chi connectivity index (χ1n) is 10.6. The van der Waals surface area contributed by atoms with Gasteiger partial charge in [-0.25, -0.2) is 0 Å². The number of benzene rings is 1. The molecule has 0 unspecified atom stereocenters. The molecule has 0 aromatic heterocycles. The molecule has 0 amide bonds. The monoisotopic (exact) mass is 220 g/mol. The summed E-state index contributed by atoms with van der Waals surface area (Å²) in [6.07, 6.45) is -3.07. The van der Waals surface area contributed by atoms with E-state index in [-0.39, 0.29) is 0 Å². The second-order valence-corrected chi connectivity index (χ2v) is 2.70. The highest BCUT2D eigenvalue weighted by molar-refractivity contribution is 5.44. The van der Waals surface area contributed by atoms with Crippen molar-refractivity contribution in [3.05, 3.63) is 23.7 Å². The predicted octanol–water partition coefficient (Wildman–Crippen LogP) is 1.96. The first kappa shape index (κ1) is 2.92. The molecule has 0 fully saturated rings. The zero-order chi connectivity index (χ0) is 22.1. The molecule has 1 aliphatic heterocycles. The van der Waals surface area contributed by atoms with Gasteiger partial charge in [0, 0.05) is 17.0 Å². The second-order valence-electron chi connectivity index (χ2n) is 2.70. The van der Waals surface area contributed by atoms with Gasteiger partial charge in [0.2, 0.25) is 6.75 Å². The number of nitrogens with one attached hydrogen (secondary N) is 1. The number of likely N-dealkylation sites (N-methyl/N-ethyl adjacent to an activating group) is 1. The molecule has 0 saturated carbocycles. The molecule has 0 spiro atoms. The summed E-state index contributed by atoms with van der Waals surface area (Å²) in [5, 5.41) is 1.76. The maximum atomic E-state index is 8.25. The van der Waals surface area contributed by atoms with Gasteiger partial charge < -0.3 is 14.8 Å². The van der Waals surface area contributed by atoms with E-state index in [9.17, 15) is 0 Å². The number of ether oxygens (including phenoxy) is 2. The van der Waals surface area contributed by atoms with Gasteiger partial charge in [-0.3, -0.25) is 0 Å². The van der Waals surface area contributed by atoms with Crippen LogP contribution in [0, 0.1) is 0 Å². The lowest BCUT2D eigenvalue weighted by Crippen LogP contribution is -2.27. The topological polar surface area (TPSA) is 30.5 Å². The van der Waals surface area contributed by atoms with E-state index in [1.165, 1.54) is 0 Å². The number of hydrogen-bond donors (Lipinski definition) is 1. The normalized spacial score (nSPS) is 36.2. The van der Waals surface area contributed by atoms with Crippen LogP contribution in [0.25, 0.3) is 0 Å². The Morgan fingerprint density at radius 3 is 3.47 bits per heavy atom. The van der Waals surface area contributed by atoms with Crippen molar-refractivity contribution in [3.63, 3.8) is 0 Å². The van der Waals surface area contributed by atoms with Gasteiger partial charge in [0.05, 0.1) is 4.11 Å². The van der Waals surface area contributed by atoms with Gasteiger partial charge in [0.15, 0.2) is 11.5 Å². The highest BCUT2D eigenvalue weighted by Crippen LogP contribution is 2.32. The maximum absolute atomic E-state index is 8.25. The van der Waals surface area contributed by atoms with E-state index in [4.69, 9.17) is 27.3 Å². The first-order valence-corrected chi connectivity index (χ1v) is 4.07. The second kappa shape index (κ2) is 4.53. The van der Waals surface area contributed by atoms with Crippen LogP contribution in [0.1, 0.15) is 37.2 Å². The van der Waals surface area contributed by atoms with Crippen LogP contribution in [0.2, 0.25) is 0 Å². The minimum absolute atomic E-state index is 0.572. The number of hydrogen-bond acceptors (Lipinski definition) is 3. The summed E-state index contributed by atoms with van der Waals surface area (Å²) in [6, 6.07) is -5.27. The Morgan fingerprint density at radius 2 is 2.60 bits per heavy atom. The standard InChI is InChI=1S/C12H17NO2/c1-3-13-9(2)6-10-4-5-11-12(7-10)15-8-14-11/h4-5,7,9,13H,3,6,8H2,1-2H3/t9-/m0/s1/i1D3,3D2,4D,5D,6D2,7D,8D2,9D. The Hall–Kier alpha value is -1.22. The Kier molecular flexibility index (Phi) is 0.881. The maximum Gasteiger partial charge on any atom is 0.231 e. The average Bonchev–Trinajstić information content (AvgIpc) is 2.78. The predicted molar refractivity (Wildman–Crippen MR) is 59.4 cm³/mol.